The summed E-state index contributed by atoms with van der Waals surface area (Å²) in [6, 6.07) is 16.8. The summed E-state index contributed by atoms with van der Waals surface area (Å²) in [5, 5.41) is 0.481. The van der Waals surface area contributed by atoms with Crippen LogP contribution in [0.25, 0.3) is 5.69 Å². The highest BCUT2D eigenvalue weighted by molar-refractivity contribution is 9.10. The molecule has 0 saturated carbocycles. The van der Waals surface area contributed by atoms with Crippen LogP contribution in [0.2, 0.25) is 5.02 Å². The molecule has 0 aliphatic rings. The lowest BCUT2D eigenvalue weighted by Gasteiger charge is -2.14. The first-order valence-corrected chi connectivity index (χ1v) is 8.46. The lowest BCUT2D eigenvalue weighted by Crippen LogP contribution is -2.24. The second-order valence-electron chi connectivity index (χ2n) is 5.14. The second kappa shape index (κ2) is 7.20. The van der Waals surface area contributed by atoms with Gasteiger partial charge in [-0.3, -0.25) is 9.36 Å². The predicted molar refractivity (Wildman–Crippen MR) is 98.1 cm³/mol. The Bertz CT molecular complexity index is 926. The van der Waals surface area contributed by atoms with Crippen LogP contribution in [0.5, 0.6) is 5.88 Å². The summed E-state index contributed by atoms with van der Waals surface area (Å²) >= 11 is 9.50. The number of aryl methyl sites for hydroxylation is 1. The molecule has 0 aliphatic carbocycles. The number of halogens is 2. The van der Waals surface area contributed by atoms with Crippen molar-refractivity contribution in [2.45, 2.75) is 13.5 Å². The highest BCUT2D eigenvalue weighted by Crippen LogP contribution is 2.24. The van der Waals surface area contributed by atoms with Crippen LogP contribution in [0.4, 0.5) is 0 Å². The minimum Gasteiger partial charge on any atom is -0.472 e. The van der Waals surface area contributed by atoms with Crippen LogP contribution < -0.4 is 10.3 Å². The molecule has 0 atom stereocenters. The zero-order valence-corrected chi connectivity index (χ0v) is 15.2. The van der Waals surface area contributed by atoms with Gasteiger partial charge in [0.05, 0.1) is 10.7 Å². The van der Waals surface area contributed by atoms with E-state index in [-0.39, 0.29) is 15.9 Å². The molecular formula is C18H14BrClN2O2. The number of hydrogen-bond acceptors (Lipinski definition) is 3. The molecule has 4 nitrogen and oxygen atoms in total. The number of nitrogens with zero attached hydrogens (tertiary/aromatic N) is 2. The third-order valence-electron chi connectivity index (χ3n) is 3.48. The number of hydrogen-bond donors (Lipinski definition) is 0. The average molecular weight is 406 g/mol. The molecule has 2 aromatic carbocycles. The van der Waals surface area contributed by atoms with Gasteiger partial charge in [0.1, 0.15) is 16.9 Å². The molecule has 1 aromatic heterocycles. The second-order valence-corrected chi connectivity index (χ2v) is 6.34. The molecule has 0 amide bonds. The number of para-hydroxylation sites is 1. The van der Waals surface area contributed by atoms with Crippen molar-refractivity contribution in [1.29, 1.82) is 0 Å². The van der Waals surface area contributed by atoms with Gasteiger partial charge in [-0.2, -0.15) is 4.98 Å². The van der Waals surface area contributed by atoms with E-state index in [0.717, 1.165) is 5.56 Å². The van der Waals surface area contributed by atoms with Crippen molar-refractivity contribution in [2.75, 3.05) is 0 Å². The number of ether oxygens (including phenoxy) is 1. The molecule has 0 aliphatic heterocycles. The molecule has 1 heterocycles. The van der Waals surface area contributed by atoms with E-state index in [2.05, 4.69) is 20.9 Å². The van der Waals surface area contributed by atoms with Crippen LogP contribution in [0.15, 0.2) is 63.9 Å². The minimum absolute atomic E-state index is 0.265. The summed E-state index contributed by atoms with van der Waals surface area (Å²) in [7, 11) is 0. The normalized spacial score (nSPS) is 10.6. The van der Waals surface area contributed by atoms with E-state index >= 15 is 0 Å². The molecule has 0 saturated heterocycles. The lowest BCUT2D eigenvalue weighted by molar-refractivity contribution is 0.289. The van der Waals surface area contributed by atoms with Crippen molar-refractivity contribution in [3.05, 3.63) is 85.8 Å². The molecule has 0 N–H and O–H groups in total. The maximum absolute atomic E-state index is 12.7. The molecule has 0 spiro atoms. The van der Waals surface area contributed by atoms with Crippen molar-refractivity contribution < 1.29 is 4.74 Å². The Morgan fingerprint density at radius 2 is 1.79 bits per heavy atom. The summed E-state index contributed by atoms with van der Waals surface area (Å²) < 4.78 is 7.43. The fraction of sp³-hybridized carbons (Fsp3) is 0.111. The van der Waals surface area contributed by atoms with E-state index in [1.807, 2.05) is 42.5 Å². The van der Waals surface area contributed by atoms with E-state index in [9.17, 15) is 4.79 Å². The quantitative estimate of drug-likeness (QED) is 0.640. The average Bonchev–Trinajstić information content (AvgIpc) is 2.59. The highest BCUT2D eigenvalue weighted by atomic mass is 79.9. The molecule has 0 radical (unpaired) electrons. The van der Waals surface area contributed by atoms with Gasteiger partial charge in [-0.1, -0.05) is 54.1 Å². The zero-order chi connectivity index (χ0) is 17.1. The largest absolute Gasteiger partial charge is 0.472 e. The third-order valence-corrected chi connectivity index (χ3v) is 4.48. The maximum atomic E-state index is 12.7. The first-order valence-electron chi connectivity index (χ1n) is 7.28. The van der Waals surface area contributed by atoms with Crippen molar-refractivity contribution in [3.63, 3.8) is 0 Å². The van der Waals surface area contributed by atoms with Crippen LogP contribution in [0.3, 0.4) is 0 Å². The van der Waals surface area contributed by atoms with Crippen molar-refractivity contribution in [1.82, 2.24) is 9.55 Å². The topological polar surface area (TPSA) is 44.1 Å². The van der Waals surface area contributed by atoms with E-state index in [4.69, 9.17) is 16.3 Å². The van der Waals surface area contributed by atoms with Gasteiger partial charge in [0.15, 0.2) is 0 Å². The fourth-order valence-corrected chi connectivity index (χ4v) is 2.92. The summed E-state index contributed by atoms with van der Waals surface area (Å²) in [5.41, 5.74) is 1.32. The Kier molecular flexibility index (Phi) is 5.02. The standard InChI is InChI=1S/C18H14BrClN2O2/c1-12-21-17(24-11-13-7-3-2-4-8-13)16(19)18(23)22(12)15-10-6-5-9-14(15)20/h2-10H,11H2,1H3. The minimum atomic E-state index is -0.265. The SMILES string of the molecule is Cc1nc(OCc2ccccc2)c(Br)c(=O)n1-c1ccccc1Cl. The molecule has 0 unspecified atom stereocenters. The Balaban J connectivity index is 1.97. The van der Waals surface area contributed by atoms with E-state index in [0.29, 0.717) is 23.1 Å². The summed E-state index contributed by atoms with van der Waals surface area (Å²) in [5.74, 6) is 0.768. The Morgan fingerprint density at radius 1 is 1.12 bits per heavy atom. The molecule has 24 heavy (non-hydrogen) atoms. The lowest BCUT2D eigenvalue weighted by atomic mass is 10.2. The molecule has 6 heteroatoms. The van der Waals surface area contributed by atoms with Crippen LogP contribution in [0, 0.1) is 6.92 Å². The van der Waals surface area contributed by atoms with Gasteiger partial charge in [0, 0.05) is 0 Å². The van der Waals surface area contributed by atoms with Crippen LogP contribution in [-0.4, -0.2) is 9.55 Å². The highest BCUT2D eigenvalue weighted by Gasteiger charge is 2.16. The number of rotatable bonds is 4. The van der Waals surface area contributed by atoms with E-state index in [1.165, 1.54) is 4.57 Å². The fourth-order valence-electron chi connectivity index (χ4n) is 2.32. The Hall–Kier alpha value is -2.11. The number of aromatic nitrogens is 2. The van der Waals surface area contributed by atoms with Gasteiger partial charge in [0.25, 0.3) is 5.56 Å². The van der Waals surface area contributed by atoms with Gasteiger partial charge < -0.3 is 4.74 Å². The molecule has 3 aromatic rings. The van der Waals surface area contributed by atoms with Crippen LogP contribution in [-0.2, 0) is 6.61 Å². The van der Waals surface area contributed by atoms with Gasteiger partial charge in [-0.05, 0) is 40.5 Å². The Morgan fingerprint density at radius 3 is 2.50 bits per heavy atom. The zero-order valence-electron chi connectivity index (χ0n) is 12.9. The summed E-state index contributed by atoms with van der Waals surface area (Å²) in [6.07, 6.45) is 0. The van der Waals surface area contributed by atoms with Crippen LogP contribution >= 0.6 is 27.5 Å². The summed E-state index contributed by atoms with van der Waals surface area (Å²) in [6.45, 7) is 2.08. The molecule has 3 rings (SSSR count). The van der Waals surface area contributed by atoms with Gasteiger partial charge in [-0.15, -0.1) is 0 Å². The van der Waals surface area contributed by atoms with Gasteiger partial charge >= 0.3 is 0 Å². The van der Waals surface area contributed by atoms with Crippen molar-refractivity contribution in [2.24, 2.45) is 0 Å². The predicted octanol–water partition coefficient (Wildman–Crippen LogP) is 4.54. The monoisotopic (exact) mass is 404 g/mol. The molecule has 122 valence electrons. The van der Waals surface area contributed by atoms with Crippen molar-refractivity contribution >= 4 is 27.5 Å². The summed E-state index contributed by atoms with van der Waals surface area (Å²) in [4.78, 5) is 17.1. The van der Waals surface area contributed by atoms with E-state index < -0.39 is 0 Å². The maximum Gasteiger partial charge on any atom is 0.276 e. The smallest absolute Gasteiger partial charge is 0.276 e. The molecule has 0 fully saturated rings. The Labute approximate surface area is 152 Å². The van der Waals surface area contributed by atoms with Crippen molar-refractivity contribution in [3.8, 4) is 11.6 Å². The third kappa shape index (κ3) is 3.37. The first-order chi connectivity index (χ1) is 11.6. The molecule has 0 bridgehead atoms. The number of benzene rings is 2. The van der Waals surface area contributed by atoms with E-state index in [1.54, 1.807) is 19.1 Å². The van der Waals surface area contributed by atoms with Crippen LogP contribution in [0.1, 0.15) is 11.4 Å². The first kappa shape index (κ1) is 16.7. The van der Waals surface area contributed by atoms with Gasteiger partial charge in [0.2, 0.25) is 5.88 Å². The molecular weight excluding hydrogens is 392 g/mol. The van der Waals surface area contributed by atoms with Gasteiger partial charge in [-0.25, -0.2) is 0 Å².